The molecule has 0 atom stereocenters. The molecule has 3 rings (SSSR count). The zero-order chi connectivity index (χ0) is 14.7. The van der Waals surface area contributed by atoms with E-state index >= 15 is 0 Å². The number of aromatic nitrogens is 3. The van der Waals surface area contributed by atoms with Crippen LogP contribution in [0.1, 0.15) is 5.56 Å². The number of H-pyrrole nitrogens is 1. The molecule has 0 saturated carbocycles. The third-order valence-corrected chi connectivity index (χ3v) is 3.47. The highest BCUT2D eigenvalue weighted by atomic mass is 79.9. The maximum atomic E-state index is 13.0. The Morgan fingerprint density at radius 3 is 2.71 bits per heavy atom. The monoisotopic (exact) mass is 346 g/mol. The van der Waals surface area contributed by atoms with Gasteiger partial charge in [0.25, 0.3) is 0 Å². The van der Waals surface area contributed by atoms with Gasteiger partial charge in [0.2, 0.25) is 0 Å². The SMILES string of the molecule is Fc1ccc(-c2[nH]ncc2CNc2cncc(Br)c2)cc1. The average Bonchev–Trinajstić information content (AvgIpc) is 2.94. The van der Waals surface area contributed by atoms with E-state index in [1.54, 1.807) is 30.7 Å². The number of hydrogen-bond donors (Lipinski definition) is 2. The van der Waals surface area contributed by atoms with E-state index in [1.807, 2.05) is 6.07 Å². The van der Waals surface area contributed by atoms with E-state index in [1.165, 1.54) is 12.1 Å². The zero-order valence-corrected chi connectivity index (χ0v) is 12.6. The molecule has 0 spiro atoms. The summed E-state index contributed by atoms with van der Waals surface area (Å²) in [5.41, 5.74) is 3.70. The van der Waals surface area contributed by atoms with Crippen molar-refractivity contribution in [3.05, 3.63) is 64.8 Å². The fourth-order valence-electron chi connectivity index (χ4n) is 2.02. The Hall–Kier alpha value is -2.21. The van der Waals surface area contributed by atoms with Crippen molar-refractivity contribution in [3.63, 3.8) is 0 Å². The molecule has 2 heterocycles. The van der Waals surface area contributed by atoms with Crippen LogP contribution >= 0.6 is 15.9 Å². The van der Waals surface area contributed by atoms with Crippen molar-refractivity contribution in [2.24, 2.45) is 0 Å². The van der Waals surface area contributed by atoms with Crippen LogP contribution in [0.4, 0.5) is 10.1 Å². The summed E-state index contributed by atoms with van der Waals surface area (Å²) >= 11 is 3.38. The first-order chi connectivity index (χ1) is 10.2. The molecule has 0 aliphatic carbocycles. The largest absolute Gasteiger partial charge is 0.380 e. The lowest BCUT2D eigenvalue weighted by molar-refractivity contribution is 0.628. The van der Waals surface area contributed by atoms with E-state index in [0.717, 1.165) is 27.0 Å². The summed E-state index contributed by atoms with van der Waals surface area (Å²) in [6, 6.07) is 8.28. The summed E-state index contributed by atoms with van der Waals surface area (Å²) in [6.07, 6.45) is 5.24. The van der Waals surface area contributed by atoms with E-state index in [0.29, 0.717) is 6.54 Å². The summed E-state index contributed by atoms with van der Waals surface area (Å²) in [4.78, 5) is 4.10. The first-order valence-corrected chi connectivity index (χ1v) is 7.14. The lowest BCUT2D eigenvalue weighted by Crippen LogP contribution is -2.00. The molecule has 3 aromatic rings. The molecule has 1 aromatic carbocycles. The second-order valence-electron chi connectivity index (χ2n) is 4.52. The normalized spacial score (nSPS) is 10.6. The van der Waals surface area contributed by atoms with Gasteiger partial charge in [-0.3, -0.25) is 10.1 Å². The Bertz CT molecular complexity index is 739. The van der Waals surface area contributed by atoms with Crippen LogP contribution in [0.15, 0.2) is 53.4 Å². The van der Waals surface area contributed by atoms with Crippen molar-refractivity contribution in [1.29, 1.82) is 0 Å². The minimum absolute atomic E-state index is 0.252. The number of pyridine rings is 1. The van der Waals surface area contributed by atoms with Gasteiger partial charge in [0.1, 0.15) is 5.82 Å². The quantitative estimate of drug-likeness (QED) is 0.751. The van der Waals surface area contributed by atoms with Crippen molar-refractivity contribution in [2.75, 3.05) is 5.32 Å². The van der Waals surface area contributed by atoms with Gasteiger partial charge in [-0.1, -0.05) is 0 Å². The molecule has 0 aliphatic heterocycles. The topological polar surface area (TPSA) is 53.6 Å². The number of anilines is 1. The summed E-state index contributed by atoms with van der Waals surface area (Å²) in [7, 11) is 0. The van der Waals surface area contributed by atoms with Crippen molar-refractivity contribution in [1.82, 2.24) is 15.2 Å². The first kappa shape index (κ1) is 13.8. The fourth-order valence-corrected chi connectivity index (χ4v) is 2.38. The minimum Gasteiger partial charge on any atom is -0.380 e. The van der Waals surface area contributed by atoms with Gasteiger partial charge in [-0.2, -0.15) is 5.10 Å². The predicted octanol–water partition coefficient (Wildman–Crippen LogP) is 3.99. The number of nitrogens with one attached hydrogen (secondary N) is 2. The number of halogens is 2. The van der Waals surface area contributed by atoms with Crippen molar-refractivity contribution < 1.29 is 4.39 Å². The highest BCUT2D eigenvalue weighted by Gasteiger charge is 2.08. The van der Waals surface area contributed by atoms with E-state index in [-0.39, 0.29) is 5.82 Å². The molecule has 0 fully saturated rings. The molecule has 4 nitrogen and oxygen atoms in total. The lowest BCUT2D eigenvalue weighted by atomic mass is 10.1. The Morgan fingerprint density at radius 2 is 1.95 bits per heavy atom. The van der Waals surface area contributed by atoms with Crippen molar-refractivity contribution >= 4 is 21.6 Å². The van der Waals surface area contributed by atoms with Gasteiger partial charge in [0.15, 0.2) is 0 Å². The van der Waals surface area contributed by atoms with Gasteiger partial charge in [-0.05, 0) is 46.3 Å². The van der Waals surface area contributed by atoms with E-state index < -0.39 is 0 Å². The zero-order valence-electron chi connectivity index (χ0n) is 11.0. The summed E-state index contributed by atoms with van der Waals surface area (Å²) in [6.45, 7) is 0.599. The maximum absolute atomic E-state index is 13.0. The van der Waals surface area contributed by atoms with E-state index in [2.05, 4.69) is 36.4 Å². The van der Waals surface area contributed by atoms with Crippen LogP contribution in [0.3, 0.4) is 0 Å². The smallest absolute Gasteiger partial charge is 0.123 e. The van der Waals surface area contributed by atoms with Gasteiger partial charge >= 0.3 is 0 Å². The summed E-state index contributed by atoms with van der Waals surface area (Å²) < 4.78 is 13.9. The van der Waals surface area contributed by atoms with Gasteiger partial charge in [-0.25, -0.2) is 4.39 Å². The van der Waals surface area contributed by atoms with Crippen LogP contribution in [0.5, 0.6) is 0 Å². The van der Waals surface area contributed by atoms with Crippen LogP contribution in [-0.4, -0.2) is 15.2 Å². The lowest BCUT2D eigenvalue weighted by Gasteiger charge is -2.07. The molecule has 0 saturated heterocycles. The standard InChI is InChI=1S/C15H12BrFN4/c16-12-5-14(9-18-8-12)19-6-11-7-20-21-15(11)10-1-3-13(17)4-2-10/h1-5,7-9,19H,6H2,(H,20,21). The summed E-state index contributed by atoms with van der Waals surface area (Å²) in [5.74, 6) is -0.252. The highest BCUT2D eigenvalue weighted by molar-refractivity contribution is 9.10. The van der Waals surface area contributed by atoms with Crippen LogP contribution < -0.4 is 5.32 Å². The number of hydrogen-bond acceptors (Lipinski definition) is 3. The second-order valence-corrected chi connectivity index (χ2v) is 5.44. The molecule has 0 amide bonds. The Kier molecular flexibility index (Phi) is 3.96. The number of aromatic amines is 1. The molecule has 106 valence electrons. The van der Waals surface area contributed by atoms with Crippen molar-refractivity contribution in [3.8, 4) is 11.3 Å². The Morgan fingerprint density at radius 1 is 1.14 bits per heavy atom. The first-order valence-electron chi connectivity index (χ1n) is 6.35. The fraction of sp³-hybridized carbons (Fsp3) is 0.0667. The Labute approximate surface area is 129 Å². The maximum Gasteiger partial charge on any atom is 0.123 e. The molecular weight excluding hydrogens is 335 g/mol. The van der Waals surface area contributed by atoms with Crippen molar-refractivity contribution in [2.45, 2.75) is 6.54 Å². The van der Waals surface area contributed by atoms with Gasteiger partial charge in [0.05, 0.1) is 23.8 Å². The number of benzene rings is 1. The van der Waals surface area contributed by atoms with Crippen LogP contribution in [-0.2, 0) is 6.54 Å². The number of rotatable bonds is 4. The summed E-state index contributed by atoms with van der Waals surface area (Å²) in [5, 5.41) is 10.3. The molecule has 0 radical (unpaired) electrons. The van der Waals surface area contributed by atoms with E-state index in [9.17, 15) is 4.39 Å². The molecule has 21 heavy (non-hydrogen) atoms. The third-order valence-electron chi connectivity index (χ3n) is 3.04. The number of nitrogens with zero attached hydrogens (tertiary/aromatic N) is 2. The second kappa shape index (κ2) is 6.05. The van der Waals surface area contributed by atoms with Crippen LogP contribution in [0.2, 0.25) is 0 Å². The molecule has 2 N–H and O–H groups in total. The van der Waals surface area contributed by atoms with Gasteiger partial charge < -0.3 is 5.32 Å². The molecular formula is C15H12BrFN4. The molecule has 2 aromatic heterocycles. The van der Waals surface area contributed by atoms with Crippen LogP contribution in [0.25, 0.3) is 11.3 Å². The van der Waals surface area contributed by atoms with Crippen LogP contribution in [0, 0.1) is 5.82 Å². The van der Waals surface area contributed by atoms with E-state index in [4.69, 9.17) is 0 Å². The van der Waals surface area contributed by atoms with Gasteiger partial charge in [0, 0.05) is 28.3 Å². The Balaban J connectivity index is 1.78. The minimum atomic E-state index is -0.252. The predicted molar refractivity (Wildman–Crippen MR) is 83.2 cm³/mol. The molecule has 0 bridgehead atoms. The molecule has 0 aliphatic rings. The molecule has 0 unspecified atom stereocenters. The average molecular weight is 347 g/mol. The third kappa shape index (κ3) is 3.28. The highest BCUT2D eigenvalue weighted by Crippen LogP contribution is 2.22. The molecule has 6 heteroatoms. The van der Waals surface area contributed by atoms with Gasteiger partial charge in [-0.15, -0.1) is 0 Å².